The molecule has 0 saturated carbocycles. The van der Waals surface area contributed by atoms with Crippen molar-refractivity contribution in [1.82, 2.24) is 10.2 Å². The molecule has 2 amide bonds. The average Bonchev–Trinajstić information content (AvgIpc) is 2.84. The van der Waals surface area contributed by atoms with Crippen molar-refractivity contribution >= 4 is 40.7 Å². The monoisotopic (exact) mass is 602 g/mol. The van der Waals surface area contributed by atoms with E-state index in [-0.39, 0.29) is 25.5 Å². The van der Waals surface area contributed by atoms with Crippen LogP contribution in [0, 0.1) is 3.57 Å². The lowest BCUT2D eigenvalue weighted by Gasteiger charge is -2.40. The van der Waals surface area contributed by atoms with E-state index >= 15 is 0 Å². The van der Waals surface area contributed by atoms with Gasteiger partial charge in [0, 0.05) is 37.6 Å². The third-order valence-electron chi connectivity index (χ3n) is 5.91. The zero-order chi connectivity index (χ0) is 26.0. The highest BCUT2D eigenvalue weighted by Crippen LogP contribution is 2.37. The molecule has 1 aromatic rings. The maximum absolute atomic E-state index is 12.8. The summed E-state index contributed by atoms with van der Waals surface area (Å²) in [5.74, 6) is 0.0592. The van der Waals surface area contributed by atoms with Gasteiger partial charge in [0.2, 0.25) is 11.8 Å². The fourth-order valence-electron chi connectivity index (χ4n) is 4.10. The van der Waals surface area contributed by atoms with Gasteiger partial charge in [-0.2, -0.15) is 0 Å². The van der Waals surface area contributed by atoms with Gasteiger partial charge in [0.1, 0.15) is 18.5 Å². The number of halogens is 1. The largest absolute Gasteiger partial charge is 0.493 e. The minimum atomic E-state index is -1.11. The van der Waals surface area contributed by atoms with Crippen molar-refractivity contribution in [2.75, 3.05) is 26.8 Å². The number of hydrogen-bond acceptors (Lipinski definition) is 7. The number of benzene rings is 1. The molecule has 0 radical (unpaired) electrons. The first kappa shape index (κ1) is 29.1. The Morgan fingerprint density at radius 3 is 2.63 bits per heavy atom. The van der Waals surface area contributed by atoms with Crippen LogP contribution in [0.5, 0.6) is 11.5 Å². The SMILES string of the molecule is CCCCCCN(C(C)=O)[C@@H]1CC(C(=O)NCCO)=C[C@H](Oc2c(I)cc(C=O)cc2OC)[C@H]1O. The molecule has 0 unspecified atom stereocenters. The maximum Gasteiger partial charge on any atom is 0.247 e. The van der Waals surface area contributed by atoms with Gasteiger partial charge >= 0.3 is 0 Å². The normalized spacial score (nSPS) is 19.5. The van der Waals surface area contributed by atoms with Crippen LogP contribution < -0.4 is 14.8 Å². The fraction of sp³-hybridized carbons (Fsp3) is 0.560. The zero-order valence-electron chi connectivity index (χ0n) is 20.5. The molecule has 35 heavy (non-hydrogen) atoms. The average molecular weight is 602 g/mol. The molecule has 1 aliphatic rings. The van der Waals surface area contributed by atoms with Crippen molar-refractivity contribution in [1.29, 1.82) is 0 Å². The van der Waals surface area contributed by atoms with Gasteiger partial charge in [-0.25, -0.2) is 0 Å². The van der Waals surface area contributed by atoms with Gasteiger partial charge in [-0.3, -0.25) is 14.4 Å². The Bertz CT molecular complexity index is 921. The van der Waals surface area contributed by atoms with E-state index in [0.29, 0.717) is 39.0 Å². The minimum Gasteiger partial charge on any atom is -0.493 e. The molecule has 194 valence electrons. The Morgan fingerprint density at radius 1 is 1.29 bits per heavy atom. The fourth-order valence-corrected chi connectivity index (χ4v) is 4.86. The van der Waals surface area contributed by atoms with Gasteiger partial charge in [0.25, 0.3) is 0 Å². The number of nitrogens with zero attached hydrogens (tertiary/aromatic N) is 1. The molecule has 0 aromatic heterocycles. The Labute approximate surface area is 220 Å². The molecule has 9 nitrogen and oxygen atoms in total. The Kier molecular flexibility index (Phi) is 12.0. The highest BCUT2D eigenvalue weighted by Gasteiger charge is 2.40. The highest BCUT2D eigenvalue weighted by atomic mass is 127. The first-order valence-corrected chi connectivity index (χ1v) is 12.9. The maximum atomic E-state index is 12.8. The van der Waals surface area contributed by atoms with E-state index in [1.165, 1.54) is 20.1 Å². The van der Waals surface area contributed by atoms with Crippen molar-refractivity contribution in [3.63, 3.8) is 0 Å². The number of ether oxygens (including phenoxy) is 2. The van der Waals surface area contributed by atoms with Crippen molar-refractivity contribution < 1.29 is 34.1 Å². The first-order chi connectivity index (χ1) is 16.8. The van der Waals surface area contributed by atoms with Crippen molar-refractivity contribution in [2.24, 2.45) is 0 Å². The molecule has 0 heterocycles. The minimum absolute atomic E-state index is 0.0846. The standard InChI is InChI=1S/C25H35IN2O7/c1-4-5-6-7-9-28(16(2)31)20-13-18(25(33)27-8-10-29)14-21(23(20)32)35-24-19(26)11-17(15-30)12-22(24)34-3/h11-12,14-15,20-21,23,29,32H,4-10,13H2,1-3H3,(H,27,33)/t20-,21+,23+/m1/s1. The summed E-state index contributed by atoms with van der Waals surface area (Å²) in [6.45, 7) is 3.90. The van der Waals surface area contributed by atoms with Gasteiger partial charge in [-0.15, -0.1) is 0 Å². The van der Waals surface area contributed by atoms with E-state index in [4.69, 9.17) is 14.6 Å². The number of aliphatic hydroxyl groups excluding tert-OH is 2. The molecule has 1 aromatic carbocycles. The Hall–Kier alpha value is -2.18. The number of methoxy groups -OCH3 is 1. The summed E-state index contributed by atoms with van der Waals surface area (Å²) in [5.41, 5.74) is 0.771. The Morgan fingerprint density at radius 2 is 2.03 bits per heavy atom. The predicted octanol–water partition coefficient (Wildman–Crippen LogP) is 2.46. The smallest absolute Gasteiger partial charge is 0.247 e. The molecule has 0 fully saturated rings. The number of amides is 2. The van der Waals surface area contributed by atoms with Crippen molar-refractivity contribution in [2.45, 2.75) is 64.2 Å². The number of carbonyl (C=O) groups is 3. The summed E-state index contributed by atoms with van der Waals surface area (Å²) in [7, 11) is 1.45. The second kappa shape index (κ2) is 14.4. The molecule has 1 aliphatic carbocycles. The van der Waals surface area contributed by atoms with Crippen LogP contribution in [-0.2, 0) is 9.59 Å². The van der Waals surface area contributed by atoms with Crippen molar-refractivity contribution in [3.05, 3.63) is 32.9 Å². The van der Waals surface area contributed by atoms with Crippen LogP contribution in [0.1, 0.15) is 56.3 Å². The van der Waals surface area contributed by atoms with E-state index in [1.54, 1.807) is 17.0 Å². The number of nitrogens with one attached hydrogen (secondary N) is 1. The quantitative estimate of drug-likeness (QED) is 0.180. The zero-order valence-corrected chi connectivity index (χ0v) is 22.6. The lowest BCUT2D eigenvalue weighted by atomic mass is 9.88. The second-order valence-corrected chi connectivity index (χ2v) is 9.60. The second-order valence-electron chi connectivity index (χ2n) is 8.44. The van der Waals surface area contributed by atoms with E-state index < -0.39 is 24.2 Å². The third-order valence-corrected chi connectivity index (χ3v) is 6.71. The van der Waals surface area contributed by atoms with Crippen LogP contribution in [0.4, 0.5) is 0 Å². The first-order valence-electron chi connectivity index (χ1n) is 11.8. The van der Waals surface area contributed by atoms with Crippen LogP contribution in [0.2, 0.25) is 0 Å². The summed E-state index contributed by atoms with van der Waals surface area (Å²) in [4.78, 5) is 38.2. The molecule has 3 N–H and O–H groups in total. The molecule has 0 aliphatic heterocycles. The van der Waals surface area contributed by atoms with Crippen LogP contribution >= 0.6 is 22.6 Å². The number of aliphatic hydroxyl groups is 2. The molecule has 3 atom stereocenters. The summed E-state index contributed by atoms with van der Waals surface area (Å²) in [5, 5.41) is 23.0. The van der Waals surface area contributed by atoms with Crippen LogP contribution in [0.25, 0.3) is 0 Å². The molecule has 0 bridgehead atoms. The molecule has 10 heteroatoms. The van der Waals surface area contributed by atoms with E-state index in [1.807, 2.05) is 22.6 Å². The highest BCUT2D eigenvalue weighted by molar-refractivity contribution is 14.1. The van der Waals surface area contributed by atoms with Crippen LogP contribution in [0.15, 0.2) is 23.8 Å². The summed E-state index contributed by atoms with van der Waals surface area (Å²) in [6, 6.07) is 2.49. The van der Waals surface area contributed by atoms with E-state index in [0.717, 1.165) is 25.7 Å². The number of aldehydes is 1. The van der Waals surface area contributed by atoms with Crippen LogP contribution in [0.3, 0.4) is 0 Å². The number of hydrogen-bond donors (Lipinski definition) is 3. The molecular formula is C25H35IN2O7. The van der Waals surface area contributed by atoms with Crippen LogP contribution in [-0.4, -0.2) is 78.3 Å². The number of rotatable bonds is 13. The Balaban J connectivity index is 2.41. The number of carbonyl (C=O) groups excluding carboxylic acids is 3. The molecule has 0 saturated heterocycles. The molecule has 0 spiro atoms. The summed E-state index contributed by atoms with van der Waals surface area (Å²) in [6.07, 6.45) is 4.20. The van der Waals surface area contributed by atoms with E-state index in [9.17, 15) is 19.5 Å². The van der Waals surface area contributed by atoms with Gasteiger partial charge in [-0.05, 0) is 47.2 Å². The van der Waals surface area contributed by atoms with E-state index in [2.05, 4.69) is 12.2 Å². The lowest BCUT2D eigenvalue weighted by molar-refractivity contribution is -0.136. The molecular weight excluding hydrogens is 567 g/mol. The summed E-state index contributed by atoms with van der Waals surface area (Å²) >= 11 is 2.02. The molecule has 2 rings (SSSR count). The lowest BCUT2D eigenvalue weighted by Crippen LogP contribution is -2.55. The predicted molar refractivity (Wildman–Crippen MR) is 140 cm³/mol. The van der Waals surface area contributed by atoms with Gasteiger partial charge in [-0.1, -0.05) is 26.2 Å². The third kappa shape index (κ3) is 7.91. The topological polar surface area (TPSA) is 125 Å². The number of unbranched alkanes of at least 4 members (excludes halogenated alkanes) is 3. The van der Waals surface area contributed by atoms with Gasteiger partial charge < -0.3 is 29.9 Å². The summed E-state index contributed by atoms with van der Waals surface area (Å²) < 4.78 is 12.2. The van der Waals surface area contributed by atoms with Gasteiger partial charge in [0.15, 0.2) is 11.5 Å². The van der Waals surface area contributed by atoms with Crippen molar-refractivity contribution in [3.8, 4) is 11.5 Å². The van der Waals surface area contributed by atoms with Gasteiger partial charge in [0.05, 0.1) is 23.3 Å².